The lowest BCUT2D eigenvalue weighted by atomic mass is 10.2. The van der Waals surface area contributed by atoms with Gasteiger partial charge in [-0.1, -0.05) is 30.3 Å². The Balaban J connectivity index is 1.95. The first-order valence-corrected chi connectivity index (χ1v) is 7.63. The minimum atomic E-state index is -0.974. The molecule has 0 saturated carbocycles. The second-order valence-electron chi connectivity index (χ2n) is 4.64. The number of ether oxygens (including phenoxy) is 1. The number of nitrogens with zero attached hydrogens (tertiary/aromatic N) is 1. The number of rotatable bonds is 4. The molecule has 1 heterocycles. The minimum Gasteiger partial charge on any atom is -0.480 e. The van der Waals surface area contributed by atoms with E-state index in [0.717, 1.165) is 5.56 Å². The van der Waals surface area contributed by atoms with Crippen LogP contribution >= 0.6 is 11.8 Å². The number of likely N-dealkylation sites (tertiary alicyclic amines) is 1. The zero-order chi connectivity index (χ0) is 14.5. The molecule has 0 aliphatic carbocycles. The fraction of sp³-hybridized carbons (Fsp3) is 0.429. The van der Waals surface area contributed by atoms with E-state index in [0.29, 0.717) is 13.0 Å². The third-order valence-corrected chi connectivity index (χ3v) is 4.33. The van der Waals surface area contributed by atoms with E-state index < -0.39 is 18.1 Å². The van der Waals surface area contributed by atoms with E-state index in [1.165, 1.54) is 4.90 Å². The van der Waals surface area contributed by atoms with Crippen molar-refractivity contribution in [2.45, 2.75) is 24.3 Å². The highest BCUT2D eigenvalue weighted by Crippen LogP contribution is 2.27. The van der Waals surface area contributed by atoms with Crippen LogP contribution in [-0.4, -0.2) is 46.2 Å². The molecule has 108 valence electrons. The summed E-state index contributed by atoms with van der Waals surface area (Å²) < 4.78 is 5.20. The standard InChI is InChI=1S/C14H17NO4S/c1-20-11-7-12(13(16)17)15(8-11)14(18)19-9-10-5-3-2-4-6-10/h2-6,11-12H,7-9H2,1H3,(H,16,17)/t11-,12+/m1/s1. The topological polar surface area (TPSA) is 66.8 Å². The van der Waals surface area contributed by atoms with E-state index in [1.54, 1.807) is 11.8 Å². The molecule has 0 aromatic heterocycles. The van der Waals surface area contributed by atoms with Gasteiger partial charge in [-0.05, 0) is 18.2 Å². The molecule has 2 atom stereocenters. The van der Waals surface area contributed by atoms with Gasteiger partial charge >= 0.3 is 12.1 Å². The SMILES string of the molecule is CS[C@@H]1C[C@@H](C(=O)O)N(C(=O)OCc2ccccc2)C1. The maximum Gasteiger partial charge on any atom is 0.410 e. The Bertz CT molecular complexity index is 479. The highest BCUT2D eigenvalue weighted by atomic mass is 32.2. The van der Waals surface area contributed by atoms with Crippen LogP contribution in [-0.2, 0) is 16.1 Å². The number of carbonyl (C=O) groups is 2. The second-order valence-corrected chi connectivity index (χ2v) is 5.78. The molecule has 1 aliphatic heterocycles. The monoisotopic (exact) mass is 295 g/mol. The highest BCUT2D eigenvalue weighted by molar-refractivity contribution is 7.99. The molecule has 1 aliphatic rings. The van der Waals surface area contributed by atoms with Crippen molar-refractivity contribution in [2.24, 2.45) is 0 Å². The summed E-state index contributed by atoms with van der Waals surface area (Å²) in [6.07, 6.45) is 1.83. The highest BCUT2D eigenvalue weighted by Gasteiger charge is 2.40. The maximum atomic E-state index is 12.0. The summed E-state index contributed by atoms with van der Waals surface area (Å²) in [6, 6.07) is 8.55. The molecule has 20 heavy (non-hydrogen) atoms. The van der Waals surface area contributed by atoms with Crippen LogP contribution in [0.4, 0.5) is 4.79 Å². The number of thioether (sulfide) groups is 1. The van der Waals surface area contributed by atoms with Crippen LogP contribution in [0.25, 0.3) is 0 Å². The van der Waals surface area contributed by atoms with E-state index in [-0.39, 0.29) is 11.9 Å². The van der Waals surface area contributed by atoms with Crippen molar-refractivity contribution in [3.8, 4) is 0 Å². The number of carboxylic acids is 1. The van der Waals surface area contributed by atoms with Gasteiger partial charge < -0.3 is 9.84 Å². The Morgan fingerprint density at radius 2 is 2.10 bits per heavy atom. The van der Waals surface area contributed by atoms with E-state index in [9.17, 15) is 14.7 Å². The molecule has 0 spiro atoms. The minimum absolute atomic E-state index is 0.153. The van der Waals surface area contributed by atoms with Crippen LogP contribution in [0.2, 0.25) is 0 Å². The Labute approximate surface area is 121 Å². The number of aliphatic carboxylic acids is 1. The summed E-state index contributed by atoms with van der Waals surface area (Å²) in [4.78, 5) is 24.5. The van der Waals surface area contributed by atoms with E-state index in [4.69, 9.17) is 4.74 Å². The van der Waals surface area contributed by atoms with Crippen LogP contribution in [0, 0.1) is 0 Å². The van der Waals surface area contributed by atoms with Crippen LogP contribution in [0.5, 0.6) is 0 Å². The third-order valence-electron chi connectivity index (χ3n) is 3.32. The molecule has 1 N–H and O–H groups in total. The summed E-state index contributed by atoms with van der Waals surface area (Å²) in [5.74, 6) is -0.974. The van der Waals surface area contributed by atoms with Gasteiger partial charge in [0.25, 0.3) is 0 Å². The van der Waals surface area contributed by atoms with Crippen molar-refractivity contribution < 1.29 is 19.4 Å². The summed E-state index contributed by atoms with van der Waals surface area (Å²) in [6.45, 7) is 0.582. The molecule has 0 unspecified atom stereocenters. The van der Waals surface area contributed by atoms with Crippen LogP contribution in [0.1, 0.15) is 12.0 Å². The Morgan fingerprint density at radius 1 is 1.40 bits per heavy atom. The Morgan fingerprint density at radius 3 is 2.70 bits per heavy atom. The molecule has 0 bridgehead atoms. The molecular formula is C14H17NO4S. The largest absolute Gasteiger partial charge is 0.480 e. The molecule has 1 fully saturated rings. The summed E-state index contributed by atoms with van der Waals surface area (Å²) in [5, 5.41) is 9.33. The van der Waals surface area contributed by atoms with Gasteiger partial charge in [0.1, 0.15) is 12.6 Å². The Kier molecular flexibility index (Phi) is 4.89. The first kappa shape index (κ1) is 14.7. The first-order chi connectivity index (χ1) is 9.61. The lowest BCUT2D eigenvalue weighted by Gasteiger charge is -2.20. The molecule has 1 amide bonds. The molecule has 0 radical (unpaired) electrons. The summed E-state index contributed by atoms with van der Waals surface area (Å²) in [5.41, 5.74) is 0.883. The molecule has 5 nitrogen and oxygen atoms in total. The van der Waals surface area contributed by atoms with Crippen LogP contribution in [0.3, 0.4) is 0 Å². The number of carboxylic acid groups (broad SMARTS) is 1. The average molecular weight is 295 g/mol. The maximum absolute atomic E-state index is 12.0. The first-order valence-electron chi connectivity index (χ1n) is 6.34. The molecule has 1 aromatic rings. The molecule has 1 aromatic carbocycles. The number of benzene rings is 1. The van der Waals surface area contributed by atoms with Gasteiger partial charge in [-0.25, -0.2) is 9.59 Å². The smallest absolute Gasteiger partial charge is 0.410 e. The third kappa shape index (κ3) is 3.45. The lowest BCUT2D eigenvalue weighted by molar-refractivity contribution is -0.141. The van der Waals surface area contributed by atoms with E-state index in [2.05, 4.69) is 0 Å². The van der Waals surface area contributed by atoms with Gasteiger partial charge in [-0.15, -0.1) is 0 Å². The van der Waals surface area contributed by atoms with Gasteiger partial charge in [0.05, 0.1) is 0 Å². The van der Waals surface area contributed by atoms with Crippen molar-refractivity contribution in [3.63, 3.8) is 0 Å². The number of carbonyl (C=O) groups excluding carboxylic acids is 1. The van der Waals surface area contributed by atoms with Gasteiger partial charge in [0.2, 0.25) is 0 Å². The zero-order valence-electron chi connectivity index (χ0n) is 11.2. The van der Waals surface area contributed by atoms with Crippen molar-refractivity contribution >= 4 is 23.8 Å². The van der Waals surface area contributed by atoms with E-state index >= 15 is 0 Å². The van der Waals surface area contributed by atoms with Gasteiger partial charge in [0, 0.05) is 11.8 Å². The summed E-state index contributed by atoms with van der Waals surface area (Å²) in [7, 11) is 0. The van der Waals surface area contributed by atoms with Crippen molar-refractivity contribution in [3.05, 3.63) is 35.9 Å². The average Bonchev–Trinajstić information content (AvgIpc) is 2.90. The normalized spacial score (nSPS) is 21.8. The summed E-state index contributed by atoms with van der Waals surface area (Å²) >= 11 is 1.58. The second kappa shape index (κ2) is 6.65. The number of hydrogen-bond acceptors (Lipinski definition) is 4. The lowest BCUT2D eigenvalue weighted by Crippen LogP contribution is -2.40. The number of amides is 1. The predicted molar refractivity (Wildman–Crippen MR) is 76.7 cm³/mol. The van der Waals surface area contributed by atoms with Gasteiger partial charge in [-0.2, -0.15) is 11.8 Å². The van der Waals surface area contributed by atoms with Crippen molar-refractivity contribution in [1.29, 1.82) is 0 Å². The van der Waals surface area contributed by atoms with Crippen LogP contribution < -0.4 is 0 Å². The quantitative estimate of drug-likeness (QED) is 0.922. The van der Waals surface area contributed by atoms with E-state index in [1.807, 2.05) is 36.6 Å². The zero-order valence-corrected chi connectivity index (χ0v) is 12.0. The van der Waals surface area contributed by atoms with Gasteiger partial charge in [-0.3, -0.25) is 4.90 Å². The number of hydrogen-bond donors (Lipinski definition) is 1. The van der Waals surface area contributed by atoms with Crippen molar-refractivity contribution in [2.75, 3.05) is 12.8 Å². The molecular weight excluding hydrogens is 278 g/mol. The fourth-order valence-corrected chi connectivity index (χ4v) is 2.89. The van der Waals surface area contributed by atoms with Gasteiger partial charge in [0.15, 0.2) is 0 Å². The molecule has 2 rings (SSSR count). The Hall–Kier alpha value is -1.69. The molecule has 6 heteroatoms. The van der Waals surface area contributed by atoms with Crippen LogP contribution in [0.15, 0.2) is 30.3 Å². The van der Waals surface area contributed by atoms with Crippen molar-refractivity contribution in [1.82, 2.24) is 4.90 Å². The fourth-order valence-electron chi connectivity index (χ4n) is 2.21. The molecule has 1 saturated heterocycles. The predicted octanol–water partition coefficient (Wildman–Crippen LogP) is 2.21.